The maximum atomic E-state index is 14.7. The van der Waals surface area contributed by atoms with Gasteiger partial charge >= 0.3 is 6.09 Å². The molecule has 22 heteroatoms. The predicted molar refractivity (Wildman–Crippen MR) is 325 cm³/mol. The van der Waals surface area contributed by atoms with Gasteiger partial charge in [0.15, 0.2) is 21.4 Å². The number of fused-ring (bicyclic) bond motifs is 3. The lowest BCUT2D eigenvalue weighted by Crippen LogP contribution is -2.58. The van der Waals surface area contributed by atoms with E-state index in [1.54, 1.807) is 66.7 Å². The number of rotatable bonds is 17. The van der Waals surface area contributed by atoms with Gasteiger partial charge in [-0.2, -0.15) is 5.10 Å². The highest BCUT2D eigenvalue weighted by molar-refractivity contribution is 7.92. The van der Waals surface area contributed by atoms with Crippen molar-refractivity contribution in [3.05, 3.63) is 107 Å². The number of amides is 3. The number of aryl methyl sites for hydroxylation is 2. The van der Waals surface area contributed by atoms with Crippen LogP contribution < -0.4 is 30.3 Å². The SMILES string of the molecule is Cc1[nH]nc(Nc2ncnc3cc(OCC4CCN(c5cc(Oc6ccc7c(c6)CN(CC(=O)[C@@H](NC(=O)[C@H](C)N(C)C(=O)OC(C)(C)C)C(C)(C)C)[C@H](C(=O)N[C@@H]6CCCc8ccccc86)C7)ncn5)CC4)c(S(=O)(=O)C(C)(C)C)cc23)c1C. The first-order valence-electron chi connectivity index (χ1n) is 29.3. The fourth-order valence-corrected chi connectivity index (χ4v) is 12.3. The van der Waals surface area contributed by atoms with Crippen LogP contribution in [0.15, 0.2) is 78.2 Å². The van der Waals surface area contributed by atoms with Crippen LogP contribution in [0.3, 0.4) is 0 Å². The zero-order chi connectivity index (χ0) is 61.3. The first-order valence-corrected chi connectivity index (χ1v) is 30.8. The molecule has 6 aromatic rings. The molecule has 3 aliphatic rings. The van der Waals surface area contributed by atoms with E-state index in [1.807, 2.05) is 69.9 Å². The fraction of sp³-hybridized carbons (Fsp3) is 0.508. The molecule has 0 unspecified atom stereocenters. The summed E-state index contributed by atoms with van der Waals surface area (Å²) in [6.07, 6.45) is 6.73. The molecule has 5 heterocycles. The zero-order valence-electron chi connectivity index (χ0n) is 51.3. The van der Waals surface area contributed by atoms with Crippen molar-refractivity contribution in [3.8, 4) is 17.4 Å². The molecular weight excluding hydrogens is 1100 g/mol. The van der Waals surface area contributed by atoms with Gasteiger partial charge in [0.2, 0.25) is 17.7 Å². The first kappa shape index (κ1) is 61.8. The second-order valence-corrected chi connectivity index (χ2v) is 28.6. The number of likely N-dealkylation sites (N-methyl/N-ethyl adjacent to an activating group) is 1. The van der Waals surface area contributed by atoms with E-state index in [9.17, 15) is 27.6 Å². The topological polar surface area (TPSA) is 256 Å². The van der Waals surface area contributed by atoms with Crippen molar-refractivity contribution in [1.82, 2.24) is 50.6 Å². The molecule has 3 aromatic carbocycles. The van der Waals surface area contributed by atoms with E-state index < -0.39 is 55.7 Å². The van der Waals surface area contributed by atoms with Gasteiger partial charge in [-0.05, 0) is 153 Å². The quantitative estimate of drug-likeness (QED) is 0.0663. The van der Waals surface area contributed by atoms with E-state index in [0.717, 1.165) is 60.1 Å². The summed E-state index contributed by atoms with van der Waals surface area (Å²) in [5, 5.41) is 17.4. The molecule has 21 nitrogen and oxygen atoms in total. The summed E-state index contributed by atoms with van der Waals surface area (Å²) in [5.74, 6) is 1.91. The Morgan fingerprint density at radius 1 is 0.847 bits per heavy atom. The Morgan fingerprint density at radius 2 is 1.58 bits per heavy atom. The second-order valence-electron chi connectivity index (χ2n) is 25.9. The molecule has 0 saturated carbocycles. The Balaban J connectivity index is 0.883. The number of aromatic nitrogens is 6. The van der Waals surface area contributed by atoms with Crippen LogP contribution in [0.5, 0.6) is 17.4 Å². The van der Waals surface area contributed by atoms with Crippen LogP contribution in [-0.2, 0) is 48.3 Å². The molecule has 2 aliphatic heterocycles. The average Bonchev–Trinajstić information content (AvgIpc) is 2.11. The van der Waals surface area contributed by atoms with Crippen molar-refractivity contribution < 1.29 is 41.8 Å². The Kier molecular flexibility index (Phi) is 18.0. The summed E-state index contributed by atoms with van der Waals surface area (Å²) < 4.78 is 45.7. The third-order valence-corrected chi connectivity index (χ3v) is 18.9. The van der Waals surface area contributed by atoms with Crippen molar-refractivity contribution in [2.75, 3.05) is 43.5 Å². The van der Waals surface area contributed by atoms with Crippen molar-refractivity contribution in [2.45, 2.75) is 168 Å². The van der Waals surface area contributed by atoms with E-state index in [-0.39, 0.29) is 47.4 Å². The van der Waals surface area contributed by atoms with Crippen LogP contribution >= 0.6 is 0 Å². The van der Waals surface area contributed by atoms with Gasteiger partial charge in [-0.3, -0.25) is 29.3 Å². The monoisotopic (exact) mass is 1180 g/mol. The molecule has 1 aliphatic carbocycles. The number of H-pyrrole nitrogens is 1. The Labute approximate surface area is 498 Å². The average molecular weight is 1180 g/mol. The highest BCUT2D eigenvalue weighted by Gasteiger charge is 2.41. The Bertz CT molecular complexity index is 3580. The summed E-state index contributed by atoms with van der Waals surface area (Å²) in [6, 6.07) is 16.2. The maximum Gasteiger partial charge on any atom is 0.410 e. The van der Waals surface area contributed by atoms with Gasteiger partial charge in [-0.1, -0.05) is 51.1 Å². The largest absolute Gasteiger partial charge is 0.492 e. The predicted octanol–water partition coefficient (Wildman–Crippen LogP) is 9.44. The lowest BCUT2D eigenvalue weighted by Gasteiger charge is -2.39. The number of piperidine rings is 1. The van der Waals surface area contributed by atoms with Gasteiger partial charge in [0, 0.05) is 55.5 Å². The first-order chi connectivity index (χ1) is 40.0. The molecule has 0 spiro atoms. The summed E-state index contributed by atoms with van der Waals surface area (Å²) >= 11 is 0. The molecular formula is C63H82N12O9S. The normalized spacial score (nSPS) is 17.7. The lowest BCUT2D eigenvalue weighted by atomic mass is 9.83. The van der Waals surface area contributed by atoms with Crippen molar-refractivity contribution in [3.63, 3.8) is 0 Å². The fourth-order valence-electron chi connectivity index (χ4n) is 11.0. The third-order valence-electron chi connectivity index (χ3n) is 16.4. The number of aromatic amines is 1. The molecule has 4 N–H and O–H groups in total. The van der Waals surface area contributed by atoms with Crippen molar-refractivity contribution >= 4 is 61.9 Å². The number of sulfone groups is 1. The van der Waals surface area contributed by atoms with E-state index in [2.05, 4.69) is 63.1 Å². The molecule has 9 rings (SSSR count). The molecule has 0 radical (unpaired) electrons. The minimum Gasteiger partial charge on any atom is -0.492 e. The highest BCUT2D eigenvalue weighted by atomic mass is 32.2. The number of hydrogen-bond acceptors (Lipinski definition) is 17. The molecule has 3 aromatic heterocycles. The van der Waals surface area contributed by atoms with Crippen LogP contribution in [0.4, 0.5) is 22.2 Å². The number of nitrogens with one attached hydrogen (secondary N) is 4. The number of Topliss-reactive ketones (excluding diaryl/α,β-unsaturated/α-hetero) is 1. The molecule has 85 heavy (non-hydrogen) atoms. The van der Waals surface area contributed by atoms with Crippen LogP contribution in [0.2, 0.25) is 0 Å². The summed E-state index contributed by atoms with van der Waals surface area (Å²) in [5.41, 5.74) is 4.96. The van der Waals surface area contributed by atoms with Gasteiger partial charge in [-0.15, -0.1) is 0 Å². The van der Waals surface area contributed by atoms with E-state index in [1.165, 1.54) is 30.2 Å². The Morgan fingerprint density at radius 3 is 2.27 bits per heavy atom. The zero-order valence-corrected chi connectivity index (χ0v) is 52.1. The Hall–Kier alpha value is -7.72. The van der Waals surface area contributed by atoms with E-state index in [0.29, 0.717) is 66.1 Å². The lowest BCUT2D eigenvalue weighted by molar-refractivity contribution is -0.135. The molecule has 1 fully saturated rings. The van der Waals surface area contributed by atoms with Crippen LogP contribution in [-0.4, -0.2) is 134 Å². The molecule has 3 amide bonds. The van der Waals surface area contributed by atoms with Crippen LogP contribution in [0.1, 0.15) is 134 Å². The standard InChI is InChI=1S/C63H82N12O9S/c1-37-38(2)71-72-56(37)70-57-46-29-52(85(80,81)63(10,11)12)51(30-48(46)64-35-67-57)82-34-40-23-25-74(26-24-40)53-31-54(66-36-65-53)83-44-22-21-42-28-49(59(78)68-47-20-16-18-41-17-14-15-19-45(41)47)75(32-43(42)27-44)33-50(76)55(61(4,5)6)69-58(77)39(3)73(13)60(79)84-62(7,8)9/h14-15,17,19,21-22,27,29-31,35-36,39-40,47,49,55H,16,18,20,23-26,28,32-34H2,1-13H3,(H,68,78)(H,69,77)(H2,64,67,70,71,72)/t39-,47+,49-,55+/m0/s1. The molecule has 4 atom stereocenters. The van der Waals surface area contributed by atoms with Gasteiger partial charge in [0.05, 0.1) is 41.5 Å². The number of ether oxygens (including phenoxy) is 3. The van der Waals surface area contributed by atoms with Gasteiger partial charge in [-0.25, -0.2) is 33.1 Å². The minimum absolute atomic E-state index is 0.0658. The van der Waals surface area contributed by atoms with Crippen molar-refractivity contribution in [1.29, 1.82) is 0 Å². The minimum atomic E-state index is -3.88. The maximum absolute atomic E-state index is 14.7. The number of hydrogen-bond donors (Lipinski definition) is 4. The summed E-state index contributed by atoms with van der Waals surface area (Å²) in [7, 11) is -2.40. The number of benzene rings is 3. The van der Waals surface area contributed by atoms with E-state index >= 15 is 0 Å². The van der Waals surface area contributed by atoms with Crippen LogP contribution in [0.25, 0.3) is 10.9 Å². The second kappa shape index (κ2) is 24.7. The van der Waals surface area contributed by atoms with Gasteiger partial charge in [0.1, 0.15) is 52.3 Å². The van der Waals surface area contributed by atoms with Crippen molar-refractivity contribution in [2.24, 2.45) is 11.3 Å². The van der Waals surface area contributed by atoms with E-state index in [4.69, 9.17) is 14.2 Å². The number of carbonyl (C=O) groups excluding carboxylic acids is 4. The third kappa shape index (κ3) is 14.2. The number of anilines is 3. The number of carbonyl (C=O) groups is 4. The summed E-state index contributed by atoms with van der Waals surface area (Å²) in [4.78, 5) is 79.5. The molecule has 1 saturated heterocycles. The van der Waals surface area contributed by atoms with Gasteiger partial charge < -0.3 is 35.1 Å². The number of ketones is 1. The highest BCUT2D eigenvalue weighted by Crippen LogP contribution is 2.39. The molecule has 454 valence electrons. The molecule has 0 bridgehead atoms. The summed E-state index contributed by atoms with van der Waals surface area (Å²) in [6.45, 7) is 23.0. The smallest absolute Gasteiger partial charge is 0.410 e. The van der Waals surface area contributed by atoms with Gasteiger partial charge in [0.25, 0.3) is 0 Å². The number of nitrogens with zero attached hydrogens (tertiary/aromatic N) is 8. The van der Waals surface area contributed by atoms with Crippen LogP contribution in [0, 0.1) is 25.2 Å².